The summed E-state index contributed by atoms with van der Waals surface area (Å²) in [5, 5.41) is 0.693. The molecule has 0 spiro atoms. The lowest BCUT2D eigenvalue weighted by Gasteiger charge is -2.13. The molecule has 0 saturated heterocycles. The summed E-state index contributed by atoms with van der Waals surface area (Å²) >= 11 is 1.67. The van der Waals surface area contributed by atoms with Gasteiger partial charge in [-0.15, -0.1) is 11.3 Å². The van der Waals surface area contributed by atoms with Crippen LogP contribution in [0.3, 0.4) is 0 Å². The minimum absolute atomic E-state index is 0.660. The SMILES string of the molecule is CN(C)c1ccc(-c2nc(N)sc2C2CCCC2)cc1. The second-order valence-corrected chi connectivity index (χ2v) is 6.75. The molecule has 1 heterocycles. The van der Waals surface area contributed by atoms with Gasteiger partial charge in [-0.2, -0.15) is 0 Å². The van der Waals surface area contributed by atoms with Crippen LogP contribution in [0.1, 0.15) is 36.5 Å². The fraction of sp³-hybridized carbons (Fsp3) is 0.438. The fourth-order valence-electron chi connectivity index (χ4n) is 2.94. The number of hydrogen-bond acceptors (Lipinski definition) is 4. The van der Waals surface area contributed by atoms with Crippen molar-refractivity contribution in [2.75, 3.05) is 24.7 Å². The molecule has 1 aliphatic carbocycles. The largest absolute Gasteiger partial charge is 0.378 e. The molecule has 2 aromatic rings. The van der Waals surface area contributed by atoms with Crippen molar-refractivity contribution >= 4 is 22.2 Å². The van der Waals surface area contributed by atoms with E-state index in [1.54, 1.807) is 11.3 Å². The van der Waals surface area contributed by atoms with E-state index in [1.807, 2.05) is 0 Å². The van der Waals surface area contributed by atoms with Gasteiger partial charge < -0.3 is 10.6 Å². The average molecular weight is 287 g/mol. The number of rotatable bonds is 3. The Labute approximate surface area is 124 Å². The highest BCUT2D eigenvalue weighted by Gasteiger charge is 2.24. The molecule has 1 saturated carbocycles. The van der Waals surface area contributed by atoms with Crippen molar-refractivity contribution in [3.05, 3.63) is 29.1 Å². The molecule has 1 fully saturated rings. The lowest BCUT2D eigenvalue weighted by Crippen LogP contribution is -2.08. The third-order valence-electron chi connectivity index (χ3n) is 4.05. The molecule has 0 amide bonds. The Kier molecular flexibility index (Phi) is 3.66. The number of nitrogen functional groups attached to an aromatic ring is 1. The molecule has 3 nitrogen and oxygen atoms in total. The summed E-state index contributed by atoms with van der Waals surface area (Å²) in [5.74, 6) is 0.660. The molecule has 4 heteroatoms. The molecule has 0 bridgehead atoms. The summed E-state index contributed by atoms with van der Waals surface area (Å²) in [4.78, 5) is 8.08. The fourth-order valence-corrected chi connectivity index (χ4v) is 3.96. The monoisotopic (exact) mass is 287 g/mol. The van der Waals surface area contributed by atoms with E-state index in [4.69, 9.17) is 5.73 Å². The van der Waals surface area contributed by atoms with Gasteiger partial charge in [0.15, 0.2) is 5.13 Å². The zero-order valence-electron chi connectivity index (χ0n) is 12.1. The Hall–Kier alpha value is -1.55. The van der Waals surface area contributed by atoms with Crippen LogP contribution < -0.4 is 10.6 Å². The van der Waals surface area contributed by atoms with Crippen molar-refractivity contribution < 1.29 is 0 Å². The normalized spacial score (nSPS) is 15.7. The van der Waals surface area contributed by atoms with Crippen molar-refractivity contribution in [3.8, 4) is 11.3 Å². The molecule has 1 aromatic heterocycles. The van der Waals surface area contributed by atoms with E-state index in [1.165, 1.54) is 41.8 Å². The predicted octanol–water partition coefficient (Wildman–Crippen LogP) is 4.12. The lowest BCUT2D eigenvalue weighted by atomic mass is 10.0. The summed E-state index contributed by atoms with van der Waals surface area (Å²) in [7, 11) is 4.11. The van der Waals surface area contributed by atoms with Crippen LogP contribution in [0.15, 0.2) is 24.3 Å². The van der Waals surface area contributed by atoms with Gasteiger partial charge in [0, 0.05) is 30.2 Å². The molecule has 2 N–H and O–H groups in total. The van der Waals surface area contributed by atoms with Crippen LogP contribution in [-0.4, -0.2) is 19.1 Å². The molecule has 1 aromatic carbocycles. The molecule has 0 unspecified atom stereocenters. The number of thiazole rings is 1. The van der Waals surface area contributed by atoms with E-state index in [0.717, 1.165) is 5.69 Å². The molecule has 0 radical (unpaired) electrons. The number of aromatic nitrogens is 1. The van der Waals surface area contributed by atoms with E-state index < -0.39 is 0 Å². The van der Waals surface area contributed by atoms with Gasteiger partial charge in [0.05, 0.1) is 5.69 Å². The van der Waals surface area contributed by atoms with Crippen LogP contribution in [-0.2, 0) is 0 Å². The summed E-state index contributed by atoms with van der Waals surface area (Å²) in [6.07, 6.45) is 5.23. The maximum absolute atomic E-state index is 5.96. The van der Waals surface area contributed by atoms with E-state index in [0.29, 0.717) is 11.0 Å². The molecule has 20 heavy (non-hydrogen) atoms. The quantitative estimate of drug-likeness (QED) is 0.923. The van der Waals surface area contributed by atoms with E-state index >= 15 is 0 Å². The molecule has 0 atom stereocenters. The first-order valence-corrected chi connectivity index (χ1v) is 8.01. The van der Waals surface area contributed by atoms with Crippen LogP contribution >= 0.6 is 11.3 Å². The topological polar surface area (TPSA) is 42.2 Å². The Morgan fingerprint density at radius 3 is 2.40 bits per heavy atom. The summed E-state index contributed by atoms with van der Waals surface area (Å²) in [5.41, 5.74) is 9.46. The van der Waals surface area contributed by atoms with Crippen molar-refractivity contribution in [1.82, 2.24) is 4.98 Å². The Bertz CT molecular complexity index is 580. The van der Waals surface area contributed by atoms with Gasteiger partial charge in [0.1, 0.15) is 0 Å². The highest BCUT2D eigenvalue weighted by Crippen LogP contribution is 2.43. The van der Waals surface area contributed by atoms with Crippen molar-refractivity contribution in [1.29, 1.82) is 0 Å². The lowest BCUT2D eigenvalue weighted by molar-refractivity contribution is 0.738. The summed E-state index contributed by atoms with van der Waals surface area (Å²) < 4.78 is 0. The van der Waals surface area contributed by atoms with Crippen LogP contribution in [0.4, 0.5) is 10.8 Å². The molecular formula is C16H21N3S. The summed E-state index contributed by atoms with van der Waals surface area (Å²) in [6, 6.07) is 8.59. The van der Waals surface area contributed by atoms with E-state index in [9.17, 15) is 0 Å². The third-order valence-corrected chi connectivity index (χ3v) is 5.10. The van der Waals surface area contributed by atoms with Crippen LogP contribution in [0.5, 0.6) is 0 Å². The zero-order valence-corrected chi connectivity index (χ0v) is 12.9. The van der Waals surface area contributed by atoms with Crippen molar-refractivity contribution in [3.63, 3.8) is 0 Å². The average Bonchev–Trinajstić information content (AvgIpc) is 3.07. The van der Waals surface area contributed by atoms with Gasteiger partial charge in [0.25, 0.3) is 0 Å². The second-order valence-electron chi connectivity index (χ2n) is 5.69. The maximum Gasteiger partial charge on any atom is 0.180 e. The van der Waals surface area contributed by atoms with Gasteiger partial charge in [-0.25, -0.2) is 4.98 Å². The minimum atomic E-state index is 0.660. The first-order valence-electron chi connectivity index (χ1n) is 7.19. The van der Waals surface area contributed by atoms with Gasteiger partial charge in [-0.05, 0) is 30.9 Å². The predicted molar refractivity (Wildman–Crippen MR) is 87.5 cm³/mol. The van der Waals surface area contributed by atoms with Crippen LogP contribution in [0.25, 0.3) is 11.3 Å². The molecule has 3 rings (SSSR count). The van der Waals surface area contributed by atoms with Gasteiger partial charge in [0.2, 0.25) is 0 Å². The Morgan fingerprint density at radius 2 is 1.80 bits per heavy atom. The Morgan fingerprint density at radius 1 is 1.15 bits per heavy atom. The Balaban J connectivity index is 1.96. The van der Waals surface area contributed by atoms with E-state index in [-0.39, 0.29) is 0 Å². The van der Waals surface area contributed by atoms with Gasteiger partial charge >= 0.3 is 0 Å². The molecule has 1 aliphatic rings. The minimum Gasteiger partial charge on any atom is -0.378 e. The number of benzene rings is 1. The highest BCUT2D eigenvalue weighted by atomic mass is 32.1. The highest BCUT2D eigenvalue weighted by molar-refractivity contribution is 7.15. The number of nitrogens with zero attached hydrogens (tertiary/aromatic N) is 2. The van der Waals surface area contributed by atoms with E-state index in [2.05, 4.69) is 48.2 Å². The summed E-state index contributed by atoms with van der Waals surface area (Å²) in [6.45, 7) is 0. The van der Waals surface area contributed by atoms with Gasteiger partial charge in [-0.1, -0.05) is 25.0 Å². The standard InChI is InChI=1S/C16H21N3S/c1-19(2)13-9-7-11(8-10-13)14-15(20-16(17)18-14)12-5-3-4-6-12/h7-10,12H,3-6H2,1-2H3,(H2,17,18). The van der Waals surface area contributed by atoms with Crippen molar-refractivity contribution in [2.45, 2.75) is 31.6 Å². The number of hydrogen-bond donors (Lipinski definition) is 1. The zero-order chi connectivity index (χ0) is 14.1. The van der Waals surface area contributed by atoms with Gasteiger partial charge in [-0.3, -0.25) is 0 Å². The molecule has 0 aliphatic heterocycles. The van der Waals surface area contributed by atoms with Crippen LogP contribution in [0, 0.1) is 0 Å². The first kappa shape index (κ1) is 13.4. The maximum atomic E-state index is 5.96. The van der Waals surface area contributed by atoms with Crippen LogP contribution in [0.2, 0.25) is 0 Å². The van der Waals surface area contributed by atoms with Crippen molar-refractivity contribution in [2.24, 2.45) is 0 Å². The third kappa shape index (κ3) is 2.52. The second kappa shape index (κ2) is 5.44. The first-order chi connectivity index (χ1) is 9.65. The molecular weight excluding hydrogens is 266 g/mol. The molecule has 106 valence electrons. The number of anilines is 2. The smallest absolute Gasteiger partial charge is 0.180 e. The number of nitrogens with two attached hydrogens (primary N) is 1.